The fourth-order valence-electron chi connectivity index (χ4n) is 4.99. The number of amides is 1. The van der Waals surface area contributed by atoms with Crippen LogP contribution in [-0.4, -0.2) is 27.2 Å². The van der Waals surface area contributed by atoms with Gasteiger partial charge in [0.2, 0.25) is 0 Å². The second-order valence-corrected chi connectivity index (χ2v) is 11.3. The second-order valence-electron chi connectivity index (χ2n) is 9.78. The molecule has 4 aromatic rings. The molecule has 0 saturated carbocycles. The van der Waals surface area contributed by atoms with Crippen LogP contribution in [0, 0.1) is 6.92 Å². The number of ether oxygens (including phenoxy) is 1. The van der Waals surface area contributed by atoms with Gasteiger partial charge in [-0.2, -0.15) is 8.42 Å². The predicted octanol–water partition coefficient (Wildman–Crippen LogP) is 6.62. The zero-order valence-corrected chi connectivity index (χ0v) is 22.8. The molecule has 6 nitrogen and oxygen atoms in total. The molecule has 1 atom stereocenters. The van der Waals surface area contributed by atoms with Gasteiger partial charge < -0.3 is 14.2 Å². The highest BCUT2D eigenvalue weighted by Gasteiger charge is 2.29. The molecule has 0 spiro atoms. The first kappa shape index (κ1) is 26.5. The van der Waals surface area contributed by atoms with Crippen molar-refractivity contribution in [3.8, 4) is 16.9 Å². The van der Waals surface area contributed by atoms with Gasteiger partial charge in [0.15, 0.2) is 0 Å². The van der Waals surface area contributed by atoms with Crippen molar-refractivity contribution in [2.24, 2.45) is 0 Å². The highest BCUT2D eigenvalue weighted by atomic mass is 32.2. The van der Waals surface area contributed by atoms with E-state index in [9.17, 15) is 13.2 Å². The third-order valence-corrected chi connectivity index (χ3v) is 8.32. The van der Waals surface area contributed by atoms with Gasteiger partial charge in [-0.1, -0.05) is 85.3 Å². The van der Waals surface area contributed by atoms with Crippen LogP contribution in [0.1, 0.15) is 41.5 Å². The second kappa shape index (κ2) is 11.3. The molecule has 4 aromatic carbocycles. The predicted molar refractivity (Wildman–Crippen MR) is 151 cm³/mol. The minimum Gasteiger partial charge on any atom is -0.449 e. The van der Waals surface area contributed by atoms with Gasteiger partial charge in [0.05, 0.1) is 0 Å². The summed E-state index contributed by atoms with van der Waals surface area (Å²) in [4.78, 5) is 12.9. The van der Waals surface area contributed by atoms with Crippen molar-refractivity contribution in [1.82, 2.24) is 5.32 Å². The van der Waals surface area contributed by atoms with E-state index in [0.29, 0.717) is 12.8 Å². The van der Waals surface area contributed by atoms with Crippen LogP contribution in [0.2, 0.25) is 0 Å². The molecule has 1 aliphatic carbocycles. The molecule has 5 rings (SSSR count). The van der Waals surface area contributed by atoms with Gasteiger partial charge in [-0.15, -0.1) is 0 Å². The highest BCUT2D eigenvalue weighted by Crippen LogP contribution is 2.44. The van der Waals surface area contributed by atoms with E-state index in [2.05, 4.69) is 29.6 Å². The number of alkyl carbamates (subject to hydrolysis) is 1. The molecular formula is C32H31NO5S. The Labute approximate surface area is 229 Å². The molecule has 0 bridgehead atoms. The number of rotatable bonds is 9. The average Bonchev–Trinajstić information content (AvgIpc) is 3.25. The summed E-state index contributed by atoms with van der Waals surface area (Å²) in [7, 11) is -3.95. The van der Waals surface area contributed by atoms with E-state index >= 15 is 0 Å². The Bertz CT molecular complexity index is 1530. The summed E-state index contributed by atoms with van der Waals surface area (Å²) in [5.74, 6) is 0.219. The SMILES string of the molecule is CCC(Cc1cccc(OS(=O)(=O)c2ccc(C)cc2)c1)NC(=O)OCC1c2ccccc2-c2ccccc21. The monoisotopic (exact) mass is 541 g/mol. The Morgan fingerprint density at radius 2 is 1.51 bits per heavy atom. The number of nitrogens with one attached hydrogen (secondary N) is 1. The molecule has 7 heteroatoms. The van der Waals surface area contributed by atoms with E-state index in [0.717, 1.165) is 22.3 Å². The van der Waals surface area contributed by atoms with Gasteiger partial charge in [-0.25, -0.2) is 4.79 Å². The van der Waals surface area contributed by atoms with Gasteiger partial charge in [0.25, 0.3) is 0 Å². The van der Waals surface area contributed by atoms with Crippen LogP contribution in [-0.2, 0) is 21.3 Å². The number of carbonyl (C=O) groups excluding carboxylic acids is 1. The third-order valence-electron chi connectivity index (χ3n) is 7.05. The van der Waals surface area contributed by atoms with E-state index in [1.807, 2.05) is 44.2 Å². The minimum absolute atomic E-state index is 0.00691. The summed E-state index contributed by atoms with van der Waals surface area (Å²) in [5.41, 5.74) is 6.50. The molecule has 39 heavy (non-hydrogen) atoms. The summed E-state index contributed by atoms with van der Waals surface area (Å²) in [6.45, 7) is 4.12. The smallest absolute Gasteiger partial charge is 0.407 e. The van der Waals surface area contributed by atoms with Crippen LogP contribution in [0.4, 0.5) is 4.79 Å². The van der Waals surface area contributed by atoms with Crippen molar-refractivity contribution < 1.29 is 22.1 Å². The first-order valence-electron chi connectivity index (χ1n) is 13.1. The topological polar surface area (TPSA) is 81.7 Å². The van der Waals surface area contributed by atoms with Crippen molar-refractivity contribution in [2.45, 2.75) is 43.5 Å². The summed E-state index contributed by atoms with van der Waals surface area (Å²) < 4.78 is 36.5. The number of carbonyl (C=O) groups is 1. The molecule has 1 unspecified atom stereocenters. The van der Waals surface area contributed by atoms with E-state index in [4.69, 9.17) is 8.92 Å². The Kier molecular flexibility index (Phi) is 7.70. The molecule has 0 heterocycles. The van der Waals surface area contributed by atoms with Crippen molar-refractivity contribution in [3.63, 3.8) is 0 Å². The summed E-state index contributed by atoms with van der Waals surface area (Å²) in [6, 6.07) is 29.7. The lowest BCUT2D eigenvalue weighted by Crippen LogP contribution is -2.37. The largest absolute Gasteiger partial charge is 0.449 e. The highest BCUT2D eigenvalue weighted by molar-refractivity contribution is 7.87. The van der Waals surface area contributed by atoms with Crippen LogP contribution < -0.4 is 9.50 Å². The molecule has 0 saturated heterocycles. The van der Waals surface area contributed by atoms with Gasteiger partial charge in [-0.05, 0) is 71.8 Å². The number of aryl methyl sites for hydroxylation is 1. The molecule has 0 fully saturated rings. The number of hydrogen-bond acceptors (Lipinski definition) is 5. The maximum Gasteiger partial charge on any atom is 0.407 e. The van der Waals surface area contributed by atoms with Gasteiger partial charge in [0, 0.05) is 12.0 Å². The third kappa shape index (κ3) is 5.99. The Morgan fingerprint density at radius 3 is 2.15 bits per heavy atom. The Hall–Kier alpha value is -4.10. The molecule has 1 N–H and O–H groups in total. The van der Waals surface area contributed by atoms with Crippen LogP contribution in [0.3, 0.4) is 0 Å². The van der Waals surface area contributed by atoms with Crippen LogP contribution >= 0.6 is 0 Å². The summed E-state index contributed by atoms with van der Waals surface area (Å²) in [6.07, 6.45) is 0.706. The normalized spacial score (nSPS) is 13.3. The molecule has 0 radical (unpaired) electrons. The number of hydrogen-bond donors (Lipinski definition) is 1. The number of benzene rings is 4. The van der Waals surface area contributed by atoms with Crippen LogP contribution in [0.5, 0.6) is 5.75 Å². The Balaban J connectivity index is 1.20. The zero-order valence-electron chi connectivity index (χ0n) is 22.0. The molecule has 200 valence electrons. The summed E-state index contributed by atoms with van der Waals surface area (Å²) in [5, 5.41) is 2.97. The molecule has 0 aromatic heterocycles. The lowest BCUT2D eigenvalue weighted by atomic mass is 9.98. The summed E-state index contributed by atoms with van der Waals surface area (Å²) >= 11 is 0. The minimum atomic E-state index is -3.95. The standard InChI is InChI=1S/C32H31NO5S/c1-3-24(19-23-9-8-10-25(20-23)38-39(35,36)26-17-15-22(2)16-18-26)33-32(34)37-21-31-29-13-6-4-11-27(29)28-12-5-7-14-30(28)31/h4-18,20,24,31H,3,19,21H2,1-2H3,(H,33,34). The molecular weight excluding hydrogens is 510 g/mol. The Morgan fingerprint density at radius 1 is 0.872 bits per heavy atom. The van der Waals surface area contributed by atoms with E-state index in [1.165, 1.54) is 23.3 Å². The van der Waals surface area contributed by atoms with E-state index in [1.54, 1.807) is 30.3 Å². The zero-order chi connectivity index (χ0) is 27.4. The fraction of sp³-hybridized carbons (Fsp3) is 0.219. The maximum atomic E-state index is 12.8. The fourth-order valence-corrected chi connectivity index (χ4v) is 5.92. The van der Waals surface area contributed by atoms with E-state index in [-0.39, 0.29) is 29.2 Å². The molecule has 1 aliphatic rings. The lowest BCUT2D eigenvalue weighted by Gasteiger charge is -2.19. The van der Waals surface area contributed by atoms with Crippen molar-refractivity contribution in [3.05, 3.63) is 119 Å². The van der Waals surface area contributed by atoms with Crippen LogP contribution in [0.15, 0.2) is 102 Å². The van der Waals surface area contributed by atoms with Gasteiger partial charge >= 0.3 is 16.2 Å². The first-order valence-corrected chi connectivity index (χ1v) is 14.5. The van der Waals surface area contributed by atoms with Crippen molar-refractivity contribution in [1.29, 1.82) is 0 Å². The van der Waals surface area contributed by atoms with Crippen molar-refractivity contribution in [2.75, 3.05) is 6.61 Å². The first-order chi connectivity index (χ1) is 18.8. The quantitative estimate of drug-likeness (QED) is 0.241. The van der Waals surface area contributed by atoms with E-state index < -0.39 is 16.2 Å². The lowest BCUT2D eigenvalue weighted by molar-refractivity contribution is 0.138. The van der Waals surface area contributed by atoms with Gasteiger partial charge in [0.1, 0.15) is 17.3 Å². The maximum absolute atomic E-state index is 12.8. The van der Waals surface area contributed by atoms with Crippen LogP contribution in [0.25, 0.3) is 11.1 Å². The average molecular weight is 542 g/mol. The molecule has 1 amide bonds. The van der Waals surface area contributed by atoms with Crippen molar-refractivity contribution >= 4 is 16.2 Å². The molecule has 0 aliphatic heterocycles. The number of fused-ring (bicyclic) bond motifs is 3. The van der Waals surface area contributed by atoms with Gasteiger partial charge in [-0.3, -0.25) is 0 Å².